The van der Waals surface area contributed by atoms with Gasteiger partial charge in [0.05, 0.1) is 41.3 Å². The van der Waals surface area contributed by atoms with Crippen molar-refractivity contribution in [2.24, 2.45) is 20.5 Å². The summed E-state index contributed by atoms with van der Waals surface area (Å²) >= 11 is 0. The van der Waals surface area contributed by atoms with Crippen molar-refractivity contribution in [3.05, 3.63) is 94.1 Å². The van der Waals surface area contributed by atoms with E-state index in [-0.39, 0.29) is 68.5 Å². The minimum Gasteiger partial charge on any atom is -0.382 e. The molecule has 16 nitrogen and oxygen atoms in total. The van der Waals surface area contributed by atoms with Crippen molar-refractivity contribution in [1.82, 2.24) is 29.5 Å². The molecule has 0 saturated heterocycles. The number of benzene rings is 2. The molecule has 0 fully saturated rings. The van der Waals surface area contributed by atoms with Gasteiger partial charge in [0.15, 0.2) is 34.6 Å². The average Bonchev–Trinajstić information content (AvgIpc) is 3.62. The van der Waals surface area contributed by atoms with Crippen molar-refractivity contribution in [1.29, 1.82) is 10.5 Å². The van der Waals surface area contributed by atoms with Crippen molar-refractivity contribution in [2.75, 3.05) is 11.5 Å². The number of aromatic nitrogens is 6. The largest absolute Gasteiger partial charge is 0.382 e. The van der Waals surface area contributed by atoms with E-state index in [1.54, 1.807) is 42.5 Å². The molecule has 3 aromatic heterocycles. The quantitative estimate of drug-likeness (QED) is 0.133. The second kappa shape index (κ2) is 13.1. The summed E-state index contributed by atoms with van der Waals surface area (Å²) in [5, 5.41) is 46.0. The molecule has 0 aliphatic heterocycles. The minimum atomic E-state index is -0.552. The number of nitrogens with zero attached hydrogens (tertiary/aromatic N) is 14. The fourth-order valence-corrected chi connectivity index (χ4v) is 4.81. The molecule has 0 unspecified atom stereocenters. The van der Waals surface area contributed by atoms with Crippen LogP contribution in [0.25, 0.3) is 21.3 Å². The maximum atomic E-state index is 9.59. The highest BCUT2D eigenvalue weighted by molar-refractivity contribution is 5.81. The standard InChI is InChI=1S/C34H30N16/c1-33(2,3)29-27(45-43-25-19(16-35)11-9-12-20(25)17-36)31(37)49(47-29)23-15-24(42-18-41-23)50-32(38)28(30(48-50)34(4,5)6)46-44-26-21(39-7)13-10-14-22(26)40-8/h9-15,18H,37-38H2,1-6H3. The van der Waals surface area contributed by atoms with Crippen LogP contribution in [-0.4, -0.2) is 29.5 Å². The van der Waals surface area contributed by atoms with E-state index in [9.17, 15) is 10.5 Å². The summed E-state index contributed by atoms with van der Waals surface area (Å²) in [5.41, 5.74) is 14.6. The minimum absolute atomic E-state index is 0.101. The van der Waals surface area contributed by atoms with Gasteiger partial charge >= 0.3 is 0 Å². The van der Waals surface area contributed by atoms with Crippen LogP contribution in [0, 0.1) is 35.8 Å². The van der Waals surface area contributed by atoms with Crippen molar-refractivity contribution in [3.8, 4) is 23.8 Å². The van der Waals surface area contributed by atoms with Gasteiger partial charge in [-0.05, 0) is 12.1 Å². The van der Waals surface area contributed by atoms with Crippen LogP contribution in [0.5, 0.6) is 0 Å². The number of hydrogen-bond donors (Lipinski definition) is 2. The molecule has 5 aromatic rings. The predicted molar refractivity (Wildman–Crippen MR) is 186 cm³/mol. The van der Waals surface area contributed by atoms with Gasteiger partial charge < -0.3 is 11.5 Å². The zero-order valence-electron chi connectivity index (χ0n) is 28.0. The number of nitrogen functional groups attached to an aromatic ring is 2. The number of nitriles is 2. The molecular weight excluding hydrogens is 632 g/mol. The Labute approximate surface area is 287 Å². The van der Waals surface area contributed by atoms with Crippen LogP contribution < -0.4 is 11.5 Å². The van der Waals surface area contributed by atoms with Gasteiger partial charge in [-0.3, -0.25) is 0 Å². The van der Waals surface area contributed by atoms with E-state index in [0.29, 0.717) is 11.4 Å². The molecule has 4 N–H and O–H groups in total. The monoisotopic (exact) mass is 662 g/mol. The molecule has 246 valence electrons. The molecule has 5 rings (SSSR count). The van der Waals surface area contributed by atoms with E-state index < -0.39 is 10.8 Å². The van der Waals surface area contributed by atoms with Gasteiger partial charge in [0, 0.05) is 16.9 Å². The topological polar surface area (TPSA) is 219 Å². The predicted octanol–water partition coefficient (Wildman–Crippen LogP) is 8.28. The molecule has 0 aliphatic carbocycles. The molecule has 0 saturated carbocycles. The van der Waals surface area contributed by atoms with E-state index in [4.69, 9.17) is 34.8 Å². The number of hydrogen-bond acceptors (Lipinski definition) is 12. The number of nitrogens with two attached hydrogens (primary N) is 2. The van der Waals surface area contributed by atoms with Gasteiger partial charge in [-0.2, -0.15) is 35.2 Å². The van der Waals surface area contributed by atoms with Gasteiger partial charge in [0.25, 0.3) is 0 Å². The first-order chi connectivity index (χ1) is 23.7. The summed E-state index contributed by atoms with van der Waals surface area (Å²) in [5.74, 6) is 0.733. The van der Waals surface area contributed by atoms with Gasteiger partial charge in [-0.1, -0.05) is 65.8 Å². The summed E-state index contributed by atoms with van der Waals surface area (Å²) in [7, 11) is 0. The zero-order valence-corrected chi connectivity index (χ0v) is 28.0. The van der Waals surface area contributed by atoms with Crippen LogP contribution in [0.1, 0.15) is 64.1 Å². The maximum absolute atomic E-state index is 9.59. The van der Waals surface area contributed by atoms with Crippen molar-refractivity contribution in [3.63, 3.8) is 0 Å². The highest BCUT2D eigenvalue weighted by Gasteiger charge is 2.29. The van der Waals surface area contributed by atoms with E-state index >= 15 is 0 Å². The molecule has 0 aliphatic rings. The molecule has 16 heteroatoms. The van der Waals surface area contributed by atoms with Crippen LogP contribution in [-0.2, 0) is 10.8 Å². The molecule has 0 atom stereocenters. The average molecular weight is 663 g/mol. The van der Waals surface area contributed by atoms with Crippen LogP contribution in [0.3, 0.4) is 0 Å². The first kappa shape index (κ1) is 34.0. The lowest BCUT2D eigenvalue weighted by Crippen LogP contribution is -2.14. The summed E-state index contributed by atoms with van der Waals surface area (Å²) in [6, 6.07) is 15.1. The van der Waals surface area contributed by atoms with E-state index in [2.05, 4.69) is 40.1 Å². The van der Waals surface area contributed by atoms with Gasteiger partial charge in [-0.15, -0.1) is 15.3 Å². The Morgan fingerprint density at radius 2 is 1.06 bits per heavy atom. The summed E-state index contributed by atoms with van der Waals surface area (Å²) in [6.45, 7) is 26.6. The number of anilines is 2. The second-order valence-electron chi connectivity index (χ2n) is 12.9. The molecule has 0 radical (unpaired) electrons. The maximum Gasteiger partial charge on any atom is 0.203 e. The van der Waals surface area contributed by atoms with E-state index in [1.165, 1.54) is 15.7 Å². The van der Waals surface area contributed by atoms with Gasteiger partial charge in [-0.25, -0.2) is 19.7 Å². The Bertz CT molecular complexity index is 2140. The smallest absolute Gasteiger partial charge is 0.203 e. The molecule has 0 bridgehead atoms. The Morgan fingerprint density at radius 3 is 1.46 bits per heavy atom. The van der Waals surface area contributed by atoms with Crippen LogP contribution >= 0.6 is 0 Å². The number of rotatable bonds is 6. The first-order valence-electron chi connectivity index (χ1n) is 15.0. The normalized spacial score (nSPS) is 11.7. The molecule has 3 heterocycles. The van der Waals surface area contributed by atoms with Crippen molar-refractivity contribution >= 4 is 45.8 Å². The fourth-order valence-electron chi connectivity index (χ4n) is 4.81. The van der Waals surface area contributed by atoms with Crippen LogP contribution in [0.4, 0.5) is 45.8 Å². The summed E-state index contributed by atoms with van der Waals surface area (Å²) in [4.78, 5) is 15.7. The van der Waals surface area contributed by atoms with Crippen LogP contribution in [0.2, 0.25) is 0 Å². The lowest BCUT2D eigenvalue weighted by Gasteiger charge is -2.15. The Morgan fingerprint density at radius 1 is 0.660 bits per heavy atom. The SMILES string of the molecule is [C-]#[N+]c1cccc([N+]#[C-])c1N=Nc1c(C(C)(C)C)nn(-c2cc(-n3nc(C(C)(C)C)c(N=Nc4c(C#N)cccc4C#N)c3N)ncn2)c1N. The van der Waals surface area contributed by atoms with Gasteiger partial charge in [0.1, 0.15) is 24.2 Å². The van der Waals surface area contributed by atoms with Crippen molar-refractivity contribution in [2.45, 2.75) is 52.4 Å². The molecule has 2 aromatic carbocycles. The summed E-state index contributed by atoms with van der Waals surface area (Å²) in [6.07, 6.45) is 1.30. The third kappa shape index (κ3) is 6.33. The first-order valence-corrected chi connectivity index (χ1v) is 15.0. The molecule has 0 spiro atoms. The second-order valence-corrected chi connectivity index (χ2v) is 12.9. The Kier molecular flexibility index (Phi) is 8.90. The molecular formula is C34H30N16. The molecule has 0 amide bonds. The Hall–Kier alpha value is -7.30. The van der Waals surface area contributed by atoms with E-state index in [1.807, 2.05) is 53.7 Å². The van der Waals surface area contributed by atoms with Gasteiger partial charge in [0.2, 0.25) is 11.4 Å². The lowest BCUT2D eigenvalue weighted by atomic mass is 9.91. The number of azo groups is 2. The zero-order chi connectivity index (χ0) is 36.4. The third-order valence-corrected chi connectivity index (χ3v) is 7.29. The van der Waals surface area contributed by atoms with Crippen molar-refractivity contribution < 1.29 is 0 Å². The lowest BCUT2D eigenvalue weighted by molar-refractivity contribution is 0.559. The Balaban J connectivity index is 1.63. The third-order valence-electron chi connectivity index (χ3n) is 7.29. The summed E-state index contributed by atoms with van der Waals surface area (Å²) < 4.78 is 2.78. The van der Waals surface area contributed by atoms with Crippen LogP contribution in [0.15, 0.2) is 69.2 Å². The highest BCUT2D eigenvalue weighted by Crippen LogP contribution is 2.42. The highest BCUT2D eigenvalue weighted by atomic mass is 15.4. The molecule has 50 heavy (non-hydrogen) atoms. The van der Waals surface area contributed by atoms with E-state index in [0.717, 1.165) is 0 Å². The fraction of sp³-hybridized carbons (Fsp3) is 0.235.